The largest absolute Gasteiger partial charge is 0.508 e. The van der Waals surface area contributed by atoms with Gasteiger partial charge in [0.05, 0.1) is 6.61 Å². The van der Waals surface area contributed by atoms with Crippen LogP contribution < -0.4 is 10.5 Å². The van der Waals surface area contributed by atoms with Crippen molar-refractivity contribution in [1.29, 1.82) is 0 Å². The second kappa shape index (κ2) is 5.86. The van der Waals surface area contributed by atoms with Gasteiger partial charge in [-0.3, -0.25) is 0 Å². The Kier molecular flexibility index (Phi) is 4.17. The molecule has 0 aromatic heterocycles. The molecule has 5 heteroatoms. The van der Waals surface area contributed by atoms with Crippen molar-refractivity contribution in [1.82, 2.24) is 0 Å². The van der Waals surface area contributed by atoms with Crippen LogP contribution in [0.4, 0.5) is 0 Å². The van der Waals surface area contributed by atoms with E-state index in [4.69, 9.17) is 15.2 Å². The van der Waals surface area contributed by atoms with Gasteiger partial charge < -0.3 is 20.3 Å². The summed E-state index contributed by atoms with van der Waals surface area (Å²) in [5.74, 6) is 0.0472. The summed E-state index contributed by atoms with van der Waals surface area (Å²) in [5, 5.41) is 9.52. The highest BCUT2D eigenvalue weighted by Crippen LogP contribution is 2.42. The summed E-state index contributed by atoms with van der Waals surface area (Å²) in [6, 6.07) is 4.85. The lowest BCUT2D eigenvalue weighted by Gasteiger charge is -2.27. The quantitative estimate of drug-likeness (QED) is 0.826. The average Bonchev–Trinajstić information content (AvgIpc) is 2.38. The molecular weight excluding hydrogens is 258 g/mol. The van der Waals surface area contributed by atoms with E-state index in [0.717, 1.165) is 18.4 Å². The number of nitrogens with two attached hydrogens (primary N) is 1. The van der Waals surface area contributed by atoms with E-state index >= 15 is 0 Å². The molecule has 1 aromatic rings. The molecule has 1 aliphatic rings. The molecule has 1 atom stereocenters. The van der Waals surface area contributed by atoms with E-state index in [2.05, 4.69) is 0 Å². The van der Waals surface area contributed by atoms with Crippen molar-refractivity contribution in [2.45, 2.75) is 32.6 Å². The summed E-state index contributed by atoms with van der Waals surface area (Å²) in [7, 11) is 0. The third-order valence-electron chi connectivity index (χ3n) is 3.28. The zero-order chi connectivity index (χ0) is 14.7. The lowest BCUT2D eigenvalue weighted by atomic mass is 9.85. The van der Waals surface area contributed by atoms with E-state index in [1.54, 1.807) is 19.1 Å². The van der Waals surface area contributed by atoms with Crippen molar-refractivity contribution in [3.05, 3.63) is 35.2 Å². The Bertz CT molecular complexity index is 551. The first-order valence-electron chi connectivity index (χ1n) is 6.76. The van der Waals surface area contributed by atoms with Crippen LogP contribution in [0.3, 0.4) is 0 Å². The van der Waals surface area contributed by atoms with Crippen LogP contribution in [0, 0.1) is 0 Å². The SMILES string of the molecule is CCC[C@H]1C(C(=O)OCC)=C(N)Oc2cc(O)ccc21. The van der Waals surface area contributed by atoms with Crippen LogP contribution in [0.25, 0.3) is 0 Å². The molecule has 0 unspecified atom stereocenters. The van der Waals surface area contributed by atoms with Crippen molar-refractivity contribution >= 4 is 5.97 Å². The Morgan fingerprint density at radius 1 is 1.45 bits per heavy atom. The number of phenolic OH excluding ortho intramolecular Hbond substituents is 1. The molecule has 2 rings (SSSR count). The van der Waals surface area contributed by atoms with Crippen LogP contribution in [0.5, 0.6) is 11.5 Å². The molecule has 0 spiro atoms. The summed E-state index contributed by atoms with van der Waals surface area (Å²) >= 11 is 0. The van der Waals surface area contributed by atoms with Crippen molar-refractivity contribution in [2.75, 3.05) is 6.61 Å². The van der Waals surface area contributed by atoms with E-state index in [0.29, 0.717) is 11.3 Å². The van der Waals surface area contributed by atoms with Crippen molar-refractivity contribution in [3.63, 3.8) is 0 Å². The van der Waals surface area contributed by atoms with Crippen molar-refractivity contribution in [2.24, 2.45) is 5.73 Å². The zero-order valence-electron chi connectivity index (χ0n) is 11.7. The molecule has 0 amide bonds. The molecule has 20 heavy (non-hydrogen) atoms. The molecule has 3 N–H and O–H groups in total. The summed E-state index contributed by atoms with van der Waals surface area (Å²) in [6.07, 6.45) is 1.65. The summed E-state index contributed by atoms with van der Waals surface area (Å²) in [4.78, 5) is 12.1. The highest BCUT2D eigenvalue weighted by atomic mass is 16.5. The van der Waals surface area contributed by atoms with Crippen LogP contribution >= 0.6 is 0 Å². The predicted octanol–water partition coefficient (Wildman–Crippen LogP) is 2.40. The van der Waals surface area contributed by atoms with Gasteiger partial charge in [-0.15, -0.1) is 0 Å². The number of carbonyl (C=O) groups is 1. The Morgan fingerprint density at radius 3 is 2.85 bits per heavy atom. The van der Waals surface area contributed by atoms with Crippen LogP contribution in [-0.4, -0.2) is 17.7 Å². The lowest BCUT2D eigenvalue weighted by molar-refractivity contribution is -0.139. The van der Waals surface area contributed by atoms with E-state index < -0.39 is 5.97 Å². The Morgan fingerprint density at radius 2 is 2.20 bits per heavy atom. The minimum atomic E-state index is -0.442. The molecule has 0 bridgehead atoms. The Labute approximate surface area is 118 Å². The third kappa shape index (κ3) is 2.57. The standard InChI is InChI=1S/C15H19NO4/c1-3-5-11-10-7-6-9(17)8-12(10)20-14(16)13(11)15(18)19-4-2/h6-8,11,17H,3-5,16H2,1-2H3/t11-/m1/s1. The normalized spacial score (nSPS) is 17.4. The number of hydrogen-bond donors (Lipinski definition) is 2. The van der Waals surface area contributed by atoms with Gasteiger partial charge in [-0.1, -0.05) is 19.4 Å². The topological polar surface area (TPSA) is 81.8 Å². The molecule has 0 radical (unpaired) electrons. The number of esters is 1. The first-order chi connectivity index (χ1) is 9.58. The number of rotatable bonds is 4. The Hall–Kier alpha value is -2.17. The second-order valence-electron chi connectivity index (χ2n) is 4.66. The summed E-state index contributed by atoms with van der Waals surface area (Å²) in [6.45, 7) is 4.07. The molecule has 0 saturated heterocycles. The minimum Gasteiger partial charge on any atom is -0.508 e. The number of aromatic hydroxyl groups is 1. The molecule has 108 valence electrons. The molecule has 1 aliphatic heterocycles. The smallest absolute Gasteiger partial charge is 0.340 e. The van der Waals surface area contributed by atoms with Gasteiger partial charge in [0.25, 0.3) is 0 Å². The number of carbonyl (C=O) groups excluding carboxylic acids is 1. The van der Waals surface area contributed by atoms with Gasteiger partial charge in [0.2, 0.25) is 5.88 Å². The number of hydrogen-bond acceptors (Lipinski definition) is 5. The number of benzene rings is 1. The highest BCUT2D eigenvalue weighted by molar-refractivity contribution is 5.91. The van der Waals surface area contributed by atoms with Gasteiger partial charge in [0.15, 0.2) is 0 Å². The molecule has 0 aliphatic carbocycles. The van der Waals surface area contributed by atoms with Crippen molar-refractivity contribution < 1.29 is 19.4 Å². The van der Waals surface area contributed by atoms with Crippen LogP contribution in [0.2, 0.25) is 0 Å². The number of ether oxygens (including phenoxy) is 2. The molecule has 1 heterocycles. The fraction of sp³-hybridized carbons (Fsp3) is 0.400. The number of fused-ring (bicyclic) bond motifs is 1. The maximum atomic E-state index is 12.1. The minimum absolute atomic E-state index is 0.0556. The molecule has 1 aromatic carbocycles. The first-order valence-corrected chi connectivity index (χ1v) is 6.76. The third-order valence-corrected chi connectivity index (χ3v) is 3.28. The van der Waals surface area contributed by atoms with Crippen LogP contribution in [0.1, 0.15) is 38.2 Å². The first kappa shape index (κ1) is 14.2. The molecule has 5 nitrogen and oxygen atoms in total. The highest BCUT2D eigenvalue weighted by Gasteiger charge is 2.33. The predicted molar refractivity (Wildman–Crippen MR) is 74.2 cm³/mol. The number of phenols is 1. The fourth-order valence-electron chi connectivity index (χ4n) is 2.44. The zero-order valence-corrected chi connectivity index (χ0v) is 11.7. The molecular formula is C15H19NO4. The van der Waals surface area contributed by atoms with Gasteiger partial charge in [0.1, 0.15) is 17.1 Å². The van der Waals surface area contributed by atoms with Gasteiger partial charge >= 0.3 is 5.97 Å². The van der Waals surface area contributed by atoms with Gasteiger partial charge in [-0.05, 0) is 19.4 Å². The van der Waals surface area contributed by atoms with Crippen molar-refractivity contribution in [3.8, 4) is 11.5 Å². The van der Waals surface area contributed by atoms with Gasteiger partial charge in [0, 0.05) is 17.5 Å². The molecule has 0 saturated carbocycles. The lowest BCUT2D eigenvalue weighted by Crippen LogP contribution is -2.26. The van der Waals surface area contributed by atoms with Crippen LogP contribution in [0.15, 0.2) is 29.7 Å². The summed E-state index contributed by atoms with van der Waals surface area (Å²) in [5.41, 5.74) is 7.09. The monoisotopic (exact) mass is 277 g/mol. The van der Waals surface area contributed by atoms with Gasteiger partial charge in [-0.25, -0.2) is 4.79 Å². The maximum absolute atomic E-state index is 12.1. The average molecular weight is 277 g/mol. The Balaban J connectivity index is 2.46. The van der Waals surface area contributed by atoms with Gasteiger partial charge in [-0.2, -0.15) is 0 Å². The fourth-order valence-corrected chi connectivity index (χ4v) is 2.44. The summed E-state index contributed by atoms with van der Waals surface area (Å²) < 4.78 is 10.5. The van der Waals surface area contributed by atoms with E-state index in [1.165, 1.54) is 6.07 Å². The van der Waals surface area contributed by atoms with E-state index in [9.17, 15) is 9.90 Å². The van der Waals surface area contributed by atoms with E-state index in [-0.39, 0.29) is 24.2 Å². The van der Waals surface area contributed by atoms with E-state index in [1.807, 2.05) is 6.92 Å². The van der Waals surface area contributed by atoms with Crippen LogP contribution in [-0.2, 0) is 9.53 Å². The molecule has 0 fully saturated rings. The maximum Gasteiger partial charge on any atom is 0.340 e. The second-order valence-corrected chi connectivity index (χ2v) is 4.66.